The third kappa shape index (κ3) is 1.28. The van der Waals surface area contributed by atoms with Crippen molar-refractivity contribution in [2.75, 3.05) is 0 Å². The van der Waals surface area contributed by atoms with Crippen molar-refractivity contribution in [3.05, 3.63) is 41.6 Å². The van der Waals surface area contributed by atoms with E-state index in [0.717, 1.165) is 11.1 Å². The molecule has 0 spiro atoms. The highest BCUT2D eigenvalue weighted by atomic mass is 16.2. The van der Waals surface area contributed by atoms with Crippen LogP contribution in [0.25, 0.3) is 5.57 Å². The summed E-state index contributed by atoms with van der Waals surface area (Å²) in [6.07, 6.45) is 1.50. The quantitative estimate of drug-likeness (QED) is 0.641. The Morgan fingerprint density at radius 3 is 2.62 bits per heavy atom. The van der Waals surface area contributed by atoms with Gasteiger partial charge in [0.15, 0.2) is 0 Å². The van der Waals surface area contributed by atoms with Crippen molar-refractivity contribution < 1.29 is 4.79 Å². The second-order valence-electron chi connectivity index (χ2n) is 2.88. The molecule has 0 aliphatic carbocycles. The van der Waals surface area contributed by atoms with Crippen LogP contribution in [0.3, 0.4) is 0 Å². The zero-order valence-corrected chi connectivity index (χ0v) is 7.19. The van der Waals surface area contributed by atoms with Gasteiger partial charge in [0, 0.05) is 0 Å². The van der Waals surface area contributed by atoms with Gasteiger partial charge in [-0.1, -0.05) is 24.3 Å². The number of hydrogen-bond acceptors (Lipinski definition) is 2. The van der Waals surface area contributed by atoms with Gasteiger partial charge in [0.2, 0.25) is 0 Å². The molecule has 0 saturated heterocycles. The van der Waals surface area contributed by atoms with Gasteiger partial charge >= 0.3 is 0 Å². The normalized spacial score (nSPS) is 14.8. The molecule has 1 aromatic carbocycles. The number of benzene rings is 1. The highest BCUT2D eigenvalue weighted by Gasteiger charge is 2.16. The minimum absolute atomic E-state index is 0.255. The number of nitrogens with zero attached hydrogens (tertiary/aromatic N) is 2. The van der Waals surface area contributed by atoms with Crippen LogP contribution in [0.15, 0.2) is 40.7 Å². The number of hydrogen-bond donors (Lipinski definition) is 0. The molecule has 1 heterocycles. The van der Waals surface area contributed by atoms with Gasteiger partial charge < -0.3 is 0 Å². The predicted octanol–water partition coefficient (Wildman–Crippen LogP) is 2.33. The van der Waals surface area contributed by atoms with E-state index in [9.17, 15) is 4.79 Å². The zero-order valence-electron chi connectivity index (χ0n) is 7.19. The van der Waals surface area contributed by atoms with E-state index in [4.69, 9.17) is 0 Å². The zero-order chi connectivity index (χ0) is 9.26. The molecule has 1 aromatic rings. The van der Waals surface area contributed by atoms with Crippen LogP contribution in [0.2, 0.25) is 0 Å². The fraction of sp³-hybridized carbons (Fsp3) is 0.100. The fourth-order valence-electron chi connectivity index (χ4n) is 1.31. The molecule has 0 saturated carbocycles. The maximum absolute atomic E-state index is 11.2. The van der Waals surface area contributed by atoms with Crippen LogP contribution in [0.5, 0.6) is 0 Å². The maximum Gasteiger partial charge on any atom is 0.297 e. The number of aryl methyl sites for hydroxylation is 1. The summed E-state index contributed by atoms with van der Waals surface area (Å²) in [5.74, 6) is -0.255. The van der Waals surface area contributed by atoms with Crippen molar-refractivity contribution in [2.24, 2.45) is 10.2 Å². The summed E-state index contributed by atoms with van der Waals surface area (Å²) in [6, 6.07) is 7.69. The van der Waals surface area contributed by atoms with Crippen molar-refractivity contribution in [2.45, 2.75) is 6.92 Å². The SMILES string of the molecule is Cc1ccccc1C1=CN=NC1=O. The van der Waals surface area contributed by atoms with Crippen LogP contribution >= 0.6 is 0 Å². The molecule has 0 atom stereocenters. The topological polar surface area (TPSA) is 41.8 Å². The van der Waals surface area contributed by atoms with Crippen molar-refractivity contribution in [3.8, 4) is 0 Å². The van der Waals surface area contributed by atoms with Gasteiger partial charge in [-0.3, -0.25) is 4.79 Å². The third-order valence-corrected chi connectivity index (χ3v) is 2.00. The van der Waals surface area contributed by atoms with Crippen LogP contribution in [0.1, 0.15) is 11.1 Å². The average Bonchev–Trinajstić information content (AvgIpc) is 2.52. The van der Waals surface area contributed by atoms with Crippen molar-refractivity contribution in [1.82, 2.24) is 0 Å². The summed E-state index contributed by atoms with van der Waals surface area (Å²) < 4.78 is 0. The molecular formula is C10H8N2O. The van der Waals surface area contributed by atoms with Crippen molar-refractivity contribution >= 4 is 11.5 Å². The van der Waals surface area contributed by atoms with Gasteiger partial charge in [0.1, 0.15) is 0 Å². The van der Waals surface area contributed by atoms with Crippen LogP contribution in [0.4, 0.5) is 0 Å². The van der Waals surface area contributed by atoms with E-state index in [1.807, 2.05) is 31.2 Å². The van der Waals surface area contributed by atoms with Gasteiger partial charge in [-0.25, -0.2) is 0 Å². The summed E-state index contributed by atoms with van der Waals surface area (Å²) >= 11 is 0. The lowest BCUT2D eigenvalue weighted by atomic mass is 10.0. The molecule has 13 heavy (non-hydrogen) atoms. The number of amides is 1. The van der Waals surface area contributed by atoms with E-state index in [1.165, 1.54) is 6.20 Å². The standard InChI is InChI=1S/C10H8N2O/c1-7-4-2-3-5-8(7)9-6-11-12-10(9)13/h2-6H,1H3. The fourth-order valence-corrected chi connectivity index (χ4v) is 1.31. The molecule has 1 amide bonds. The highest BCUT2D eigenvalue weighted by molar-refractivity contribution is 6.21. The summed E-state index contributed by atoms with van der Waals surface area (Å²) in [5, 5.41) is 7.01. The van der Waals surface area contributed by atoms with Gasteiger partial charge in [-0.15, -0.1) is 5.11 Å². The first-order valence-corrected chi connectivity index (χ1v) is 4.00. The average molecular weight is 172 g/mol. The molecule has 0 fully saturated rings. The van der Waals surface area contributed by atoms with Gasteiger partial charge in [-0.05, 0) is 18.1 Å². The Morgan fingerprint density at radius 1 is 1.23 bits per heavy atom. The van der Waals surface area contributed by atoms with E-state index >= 15 is 0 Å². The monoisotopic (exact) mass is 172 g/mol. The Labute approximate surface area is 75.8 Å². The van der Waals surface area contributed by atoms with E-state index in [2.05, 4.69) is 10.2 Å². The molecular weight excluding hydrogens is 164 g/mol. The second kappa shape index (κ2) is 2.94. The van der Waals surface area contributed by atoms with Gasteiger partial charge in [0.05, 0.1) is 11.8 Å². The Bertz CT molecular complexity index is 419. The second-order valence-corrected chi connectivity index (χ2v) is 2.88. The molecule has 0 bridgehead atoms. The van der Waals surface area contributed by atoms with Crippen LogP contribution in [-0.4, -0.2) is 5.91 Å². The molecule has 3 heteroatoms. The Balaban J connectivity index is 2.48. The lowest BCUT2D eigenvalue weighted by molar-refractivity contribution is -0.112. The smallest absolute Gasteiger partial charge is 0.265 e. The Hall–Kier alpha value is -1.77. The molecule has 1 aliphatic rings. The summed E-state index contributed by atoms with van der Waals surface area (Å²) in [7, 11) is 0. The maximum atomic E-state index is 11.2. The molecule has 0 aromatic heterocycles. The van der Waals surface area contributed by atoms with Crippen LogP contribution in [0, 0.1) is 6.92 Å². The third-order valence-electron chi connectivity index (χ3n) is 2.00. The number of rotatable bonds is 1. The predicted molar refractivity (Wildman–Crippen MR) is 49.0 cm³/mol. The summed E-state index contributed by atoms with van der Waals surface area (Å²) in [6.45, 7) is 1.96. The number of carbonyl (C=O) groups is 1. The molecule has 3 nitrogen and oxygen atoms in total. The van der Waals surface area contributed by atoms with E-state index in [0.29, 0.717) is 5.57 Å². The molecule has 0 radical (unpaired) electrons. The van der Waals surface area contributed by atoms with Gasteiger partial charge in [0.25, 0.3) is 5.91 Å². The van der Waals surface area contributed by atoms with Crippen LogP contribution < -0.4 is 0 Å². The van der Waals surface area contributed by atoms with E-state index in [-0.39, 0.29) is 5.91 Å². The lowest BCUT2D eigenvalue weighted by Gasteiger charge is -2.02. The number of azo groups is 1. The summed E-state index contributed by atoms with van der Waals surface area (Å²) in [5.41, 5.74) is 2.56. The first-order valence-electron chi connectivity index (χ1n) is 4.00. The Kier molecular flexibility index (Phi) is 1.77. The Morgan fingerprint density at radius 2 is 2.00 bits per heavy atom. The van der Waals surface area contributed by atoms with Crippen molar-refractivity contribution in [1.29, 1.82) is 0 Å². The molecule has 2 rings (SSSR count). The van der Waals surface area contributed by atoms with Crippen LogP contribution in [-0.2, 0) is 4.79 Å². The molecule has 0 N–H and O–H groups in total. The first-order chi connectivity index (χ1) is 6.29. The molecule has 1 aliphatic heterocycles. The summed E-state index contributed by atoms with van der Waals surface area (Å²) in [4.78, 5) is 11.2. The van der Waals surface area contributed by atoms with E-state index < -0.39 is 0 Å². The first kappa shape index (κ1) is 7.86. The lowest BCUT2D eigenvalue weighted by Crippen LogP contribution is -1.95. The minimum Gasteiger partial charge on any atom is -0.265 e. The minimum atomic E-state index is -0.255. The van der Waals surface area contributed by atoms with Gasteiger partial charge in [-0.2, -0.15) is 5.11 Å². The van der Waals surface area contributed by atoms with Crippen molar-refractivity contribution in [3.63, 3.8) is 0 Å². The molecule has 64 valence electrons. The van der Waals surface area contributed by atoms with E-state index in [1.54, 1.807) is 0 Å². The largest absolute Gasteiger partial charge is 0.297 e. The molecule has 0 unspecified atom stereocenters. The number of carbonyl (C=O) groups excluding carboxylic acids is 1. The highest BCUT2D eigenvalue weighted by Crippen LogP contribution is 2.23.